The van der Waals surface area contributed by atoms with Gasteiger partial charge in [0, 0.05) is 174 Å². The fourth-order valence-electron chi connectivity index (χ4n) is 15.0. The topological polar surface area (TPSA) is 609 Å². The Bertz CT molecular complexity index is 6310. The second-order valence-corrected chi connectivity index (χ2v) is 41.9. The standard InChI is InChI=1S/C22H29ClN4O2.C14H21ClN4O2.C12H17ClN4O2.C9H13NO.C8H8Cl2N2O2.C8H10N2O4.C7H8N2O4.C6H14N2.C5H4N2O4.CH3F.2CH4.Cl3OP/c1-13-10-14(2)17(19(29)11-13)6-7-18(28)20-16(4)21(25-22(23)24-20)27-9-8-26(5)12-15(27)3;1-5-21-13(20)11-10(3)12(17-14(15)16-11)19-7-6-18(4)8-9(19)2;1-7-6-16(3)4-5-17(7)10-8(2)9(11(18)19)14-12(13)15-10;1-6-3-7(2)8(5-10)9(11)4-6;1-3-14-7(13)5-4(2)6(9)12-8(10)11-5;1-3-14-7(12)5-4(2)6(11)10-8(13)9-5;1-2-13-6(11)4-3-5(10)9-7(12)8-4;1-6-5-8(2)4-3-7-6;8-3-1-2(4(9)10)6-5(11)7-3;1-2;;;1-5(2,3)4/h10,15H,6-9,11-12H2,1-5H3;9H,5-8H2,1-4H3;7H,4-6H2,1-3H3,(H,18,19);3H,4-5,10H2,1-2H3;3H2,1-2H3;3H2,1-2H3,(H2,9,10,11,13);3H,2H2,1H3,(H2,8,9,10,12);6-7H,3-5H2,1-2H3;1H,(H,9,10)(H2,6,7,8,11);1H3;2*1H4;/t15-;9-;7-;;;;;6-;;;;;/m000....0...../s1/i;;;;;;;;;1D;;;. The Morgan fingerprint density at radius 2 is 0.812 bits per heavy atom. The van der Waals surface area contributed by atoms with Gasteiger partial charge in [0.2, 0.25) is 21.1 Å². The number of aromatic amines is 6. The number of aromatic carboxylic acids is 2. The molecule has 7 aromatic heterocycles. The molecule has 7 aromatic rings. The van der Waals surface area contributed by atoms with Crippen molar-refractivity contribution in [2.75, 3.05) is 162 Å². The highest BCUT2D eigenvalue weighted by Gasteiger charge is 2.33. The van der Waals surface area contributed by atoms with Crippen LogP contribution in [0.5, 0.6) is 0 Å². The van der Waals surface area contributed by atoms with Gasteiger partial charge in [-0.25, -0.2) is 83.0 Å². The van der Waals surface area contributed by atoms with Crippen LogP contribution in [0.2, 0.25) is 26.3 Å². The number of ether oxygens (including phenoxy) is 4. The van der Waals surface area contributed by atoms with Crippen LogP contribution in [0.4, 0.5) is 21.8 Å². The number of allylic oxidation sites excluding steroid dienone is 7. The van der Waals surface area contributed by atoms with Gasteiger partial charge in [-0.15, -0.1) is 0 Å². The Morgan fingerprint density at radius 3 is 1.18 bits per heavy atom. The number of carbonyl (C=O) groups is 9. The Morgan fingerprint density at radius 1 is 0.463 bits per heavy atom. The molecule has 6 aliphatic rings. The Labute approximate surface area is 903 Å². The number of rotatable bonds is 18. The molecule has 4 fully saturated rings. The monoisotopic (exact) mass is 2270 g/mol. The lowest BCUT2D eigenvalue weighted by atomic mass is 9.89. The molecule has 0 spiro atoms. The number of carboxylic acids is 2. The first-order chi connectivity index (χ1) is 69.2. The quantitative estimate of drug-likeness (QED) is 0.00952. The van der Waals surface area contributed by atoms with Crippen LogP contribution in [0, 0.1) is 34.6 Å². The highest BCUT2D eigenvalue weighted by molar-refractivity contribution is 8.24. The van der Waals surface area contributed by atoms with Crippen molar-refractivity contribution in [1.29, 1.82) is 0 Å². The maximum absolute atomic E-state index is 13.0. The van der Waals surface area contributed by atoms with E-state index in [9.17, 15) is 80.9 Å². The molecule has 0 aromatic carbocycles. The third-order valence-electron chi connectivity index (χ3n) is 21.8. The number of nitrogens with zero attached hydrogens (tertiary/aromatic N) is 15. The van der Waals surface area contributed by atoms with Gasteiger partial charge in [0.05, 0.1) is 35.0 Å². The van der Waals surface area contributed by atoms with E-state index < -0.39 is 87.6 Å². The molecule has 45 nitrogen and oxygen atoms in total. The van der Waals surface area contributed by atoms with E-state index in [0.29, 0.717) is 72.7 Å². The number of carboxylic acid groups (broad SMARTS) is 2. The number of halogens is 9. The summed E-state index contributed by atoms with van der Waals surface area (Å²) in [6, 6.07) is 3.27. The average molecular weight is 2270 g/mol. The van der Waals surface area contributed by atoms with E-state index in [1.165, 1.54) is 20.0 Å². The summed E-state index contributed by atoms with van der Waals surface area (Å²) in [5.74, 6) is -2.57. The van der Waals surface area contributed by atoms with Crippen LogP contribution in [0.15, 0.2) is 86.5 Å². The number of nitrogens with one attached hydrogen (secondary N) is 7. The number of hydrogen-bond acceptors (Lipinski definition) is 37. The van der Waals surface area contributed by atoms with Gasteiger partial charge in [-0.05, 0) is 249 Å². The zero-order chi connectivity index (χ0) is 112. The molecule has 11 heterocycles. The van der Waals surface area contributed by atoms with Gasteiger partial charge in [-0.1, -0.05) is 49.8 Å². The Hall–Kier alpha value is -11.2. The lowest BCUT2D eigenvalue weighted by Crippen LogP contribution is -2.51. The summed E-state index contributed by atoms with van der Waals surface area (Å²) >= 11 is 43.1. The van der Waals surface area contributed by atoms with Gasteiger partial charge in [-0.2, -0.15) is 0 Å². The Balaban J connectivity index is 0.000000852. The second-order valence-electron chi connectivity index (χ2n) is 33.6. The third-order valence-corrected chi connectivity index (χ3v) is 22.8. The minimum absolute atomic E-state index is 0. The number of ketones is 3. The molecule has 0 amide bonds. The van der Waals surface area contributed by atoms with Gasteiger partial charge in [0.15, 0.2) is 34.4 Å². The van der Waals surface area contributed by atoms with E-state index in [2.05, 4.69) is 189 Å². The number of Topliss-reactive ketones (excluding diaryl/α,β-unsaturated/α-hetero) is 3. The van der Waals surface area contributed by atoms with Crippen LogP contribution in [0.3, 0.4) is 0 Å². The molecule has 11 N–H and O–H groups in total. The number of carbonyl (C=O) groups excluding carboxylic acids is 7. The van der Waals surface area contributed by atoms with Crippen molar-refractivity contribution in [3.63, 3.8) is 0 Å². The van der Waals surface area contributed by atoms with Gasteiger partial charge >= 0.3 is 58.1 Å². The van der Waals surface area contributed by atoms with Gasteiger partial charge in [0.1, 0.15) is 45.4 Å². The normalized spacial score (nSPS) is 16.6. The van der Waals surface area contributed by atoms with E-state index in [0.717, 1.165) is 128 Å². The predicted octanol–water partition coefficient (Wildman–Crippen LogP) is 12.4. The van der Waals surface area contributed by atoms with E-state index in [4.69, 9.17) is 84.8 Å². The number of esters is 4. The first-order valence-electron chi connectivity index (χ1n) is 46.2. The van der Waals surface area contributed by atoms with Crippen molar-refractivity contribution in [3.05, 3.63) is 214 Å². The highest BCUT2D eigenvalue weighted by atomic mass is 36.0. The first-order valence-corrected chi connectivity index (χ1v) is 51.8. The molecular weight excluding hydrogens is 2140 g/mol. The molecule has 4 atom stereocenters. The average Bonchev–Trinajstić information content (AvgIpc) is 0.795. The molecule has 2 aliphatic carbocycles. The van der Waals surface area contributed by atoms with Gasteiger partial charge < -0.3 is 89.5 Å². The van der Waals surface area contributed by atoms with E-state index >= 15 is 0 Å². The lowest BCUT2D eigenvalue weighted by Gasteiger charge is -2.39. The number of alkyl halides is 1. The molecule has 0 radical (unpaired) electrons. The van der Waals surface area contributed by atoms with E-state index in [1.807, 2.05) is 73.6 Å². The summed E-state index contributed by atoms with van der Waals surface area (Å²) in [5, 5.41) is 17.8. The summed E-state index contributed by atoms with van der Waals surface area (Å²) in [4.78, 5) is 228. The summed E-state index contributed by atoms with van der Waals surface area (Å²) < 4.78 is 44.1. The maximum atomic E-state index is 13.0. The van der Waals surface area contributed by atoms with Gasteiger partial charge in [0.25, 0.3) is 16.7 Å². The van der Waals surface area contributed by atoms with Crippen molar-refractivity contribution < 1.29 is 82.6 Å². The fraction of sp³-hybridized carbons (Fsp3) is 0.521. The Kier molecular flexibility index (Phi) is 59.7. The number of aromatic nitrogens is 14. The summed E-state index contributed by atoms with van der Waals surface area (Å²) in [7, 11) is 7.42. The summed E-state index contributed by atoms with van der Waals surface area (Å²) in [6.45, 7) is 44.5. The van der Waals surface area contributed by atoms with Crippen LogP contribution in [-0.2, 0) is 33.1 Å². The fourth-order valence-corrected chi connectivity index (χ4v) is 15.8. The molecule has 13 rings (SSSR count). The molecule has 0 unspecified atom stereocenters. The van der Waals surface area contributed by atoms with E-state index in [1.54, 1.807) is 41.5 Å². The number of nitrogens with two attached hydrogens (primary N) is 1. The summed E-state index contributed by atoms with van der Waals surface area (Å²) in [5.41, 5.74) is 9.59. The van der Waals surface area contributed by atoms with Crippen molar-refractivity contribution in [1.82, 2.24) is 94.7 Å². The zero-order valence-electron chi connectivity index (χ0n) is 86.4. The highest BCUT2D eigenvalue weighted by Crippen LogP contribution is 2.61. The van der Waals surface area contributed by atoms with E-state index in [-0.39, 0.29) is 131 Å². The van der Waals surface area contributed by atoms with Crippen LogP contribution in [0.1, 0.15) is 226 Å². The van der Waals surface area contributed by atoms with Crippen LogP contribution < -0.4 is 59.5 Å². The number of H-pyrrole nitrogens is 6. The smallest absolute Gasteiger partial charge is 0.357 e. The predicted molar refractivity (Wildman–Crippen MR) is 576 cm³/mol. The van der Waals surface area contributed by atoms with Crippen LogP contribution in [0.25, 0.3) is 0 Å². The molecule has 55 heteroatoms. The SMILES string of the molecule is C.C.CC1=CC(C)=C(CCC(=O)c2nc(Cl)nc(N3CCN(C)C[C@@H]3C)c2C)C(=O)C1.CC1=CC(C)=C(CN)C(=O)C1.CCOC(=O)c1[nH]c(=O)[nH]c(=O)c1C.CCOC(=O)c1cc(=O)[nH]c(=O)[nH]1.CCOC(=O)c1nc(Cl)nc(Cl)c1C.CCOC(=O)c1nc(Cl)nc(N2CCN(C)C[C@@H]2C)c1C.C[C@H]1CN(C)CCN1.Cc1c(C(=O)O)nc(Cl)nc1N1CCN(C)C[C@@H]1C.O=C(O)c1cc(=O)[nH]c(=O)[nH]1.O=P(Cl)(Cl)Cl.[2H]CF. The first kappa shape index (κ1) is 134. The number of piperazine rings is 4. The number of hydrogen-bond donors (Lipinski definition) is 10. The minimum Gasteiger partial charge on any atom is -0.477 e. The molecule has 4 aliphatic heterocycles. The van der Waals surface area contributed by atoms with Crippen molar-refractivity contribution in [2.45, 2.75) is 182 Å². The molecule has 0 bridgehead atoms. The van der Waals surface area contributed by atoms with Crippen molar-refractivity contribution >= 4 is 168 Å². The summed E-state index contributed by atoms with van der Waals surface area (Å²) in [6.07, 6.45) is 5.70. The van der Waals surface area contributed by atoms with Gasteiger partial charge in [-0.3, -0.25) is 52.7 Å². The number of likely N-dealkylation sites (N-methyl/N-ethyl adjacent to an activating group) is 4. The van der Waals surface area contributed by atoms with Crippen molar-refractivity contribution in [3.8, 4) is 0 Å². The minimum atomic E-state index is -3.22. The molecule has 0 saturated carbocycles. The molecular formula is C94H135Cl8FN23O22P. The van der Waals surface area contributed by atoms with Crippen LogP contribution >= 0.6 is 96.9 Å². The third kappa shape index (κ3) is 45.9. The second kappa shape index (κ2) is 66.5. The molecule has 826 valence electrons. The van der Waals surface area contributed by atoms with Crippen molar-refractivity contribution in [2.24, 2.45) is 5.73 Å². The zero-order valence-corrected chi connectivity index (χ0v) is 92.3. The lowest BCUT2D eigenvalue weighted by molar-refractivity contribution is -0.116. The maximum Gasteiger partial charge on any atom is 0.357 e. The van der Waals surface area contributed by atoms with Crippen LogP contribution in [-0.4, -0.2) is 324 Å². The largest absolute Gasteiger partial charge is 0.477 e. The molecule has 149 heavy (non-hydrogen) atoms. The number of anilines is 3. The molecule has 4 saturated heterocycles.